The summed E-state index contributed by atoms with van der Waals surface area (Å²) >= 11 is 0. The van der Waals surface area contributed by atoms with E-state index in [2.05, 4.69) is 0 Å². The van der Waals surface area contributed by atoms with Crippen molar-refractivity contribution in [2.75, 3.05) is 0 Å². The van der Waals surface area contributed by atoms with Crippen LogP contribution in [0, 0.1) is 12.8 Å². The molecule has 0 fully saturated rings. The van der Waals surface area contributed by atoms with Gasteiger partial charge in [-0.1, -0.05) is 61.9 Å². The molecule has 30 heavy (non-hydrogen) atoms. The maximum atomic E-state index is 13.3. The van der Waals surface area contributed by atoms with Gasteiger partial charge < -0.3 is 14.9 Å². The molecule has 0 saturated carbocycles. The molecule has 0 amide bonds. The molecule has 166 valence electrons. The predicted molar refractivity (Wildman–Crippen MR) is 119 cm³/mol. The Labute approximate surface area is 180 Å². The van der Waals surface area contributed by atoms with Gasteiger partial charge in [-0.3, -0.25) is 0 Å². The number of hydrogen-bond acceptors (Lipinski definition) is 5. The second kappa shape index (κ2) is 10.1. The Morgan fingerprint density at radius 1 is 1.00 bits per heavy atom. The van der Waals surface area contributed by atoms with Crippen LogP contribution >= 0.6 is 0 Å². The van der Waals surface area contributed by atoms with E-state index in [9.17, 15) is 18.6 Å². The van der Waals surface area contributed by atoms with Crippen LogP contribution in [-0.2, 0) is 21.2 Å². The SMILES string of the molecule is Cc1ccc(S(=O)(=O)[C@@H]([C@@H](O)C[C@@H](OCc2ccccc2)C(C)C)C(C)(C)O)cc1. The zero-order valence-corrected chi connectivity index (χ0v) is 19.3. The number of benzene rings is 2. The van der Waals surface area contributed by atoms with Crippen LogP contribution in [0.2, 0.25) is 0 Å². The summed E-state index contributed by atoms with van der Waals surface area (Å²) in [5.74, 6) is 0.0629. The summed E-state index contributed by atoms with van der Waals surface area (Å²) < 4.78 is 32.6. The van der Waals surface area contributed by atoms with Crippen LogP contribution in [0.4, 0.5) is 0 Å². The molecule has 0 saturated heterocycles. The molecule has 0 bridgehead atoms. The van der Waals surface area contributed by atoms with Crippen molar-refractivity contribution in [1.29, 1.82) is 0 Å². The van der Waals surface area contributed by atoms with Crippen molar-refractivity contribution in [2.24, 2.45) is 5.92 Å². The fourth-order valence-corrected chi connectivity index (χ4v) is 5.70. The Morgan fingerprint density at radius 2 is 1.57 bits per heavy atom. The molecule has 0 aromatic heterocycles. The van der Waals surface area contributed by atoms with Crippen LogP contribution in [0.5, 0.6) is 0 Å². The fourth-order valence-electron chi connectivity index (χ4n) is 3.60. The monoisotopic (exact) mass is 434 g/mol. The standard InChI is InChI=1S/C24H34O5S/c1-17(2)22(29-16-19-9-7-6-8-10-19)15-21(25)23(24(4,5)26)30(27,28)20-13-11-18(3)12-14-20/h6-14,17,21-23,25-26H,15-16H2,1-5H3/t21-,22+,23-/m0/s1. The van der Waals surface area contributed by atoms with E-state index in [4.69, 9.17) is 4.74 Å². The Bertz CT molecular complexity index is 883. The van der Waals surface area contributed by atoms with E-state index < -0.39 is 26.8 Å². The van der Waals surface area contributed by atoms with E-state index in [0.717, 1.165) is 11.1 Å². The first-order valence-corrected chi connectivity index (χ1v) is 11.8. The minimum absolute atomic E-state index is 0.0629. The van der Waals surface area contributed by atoms with Crippen LogP contribution in [0.25, 0.3) is 0 Å². The molecule has 2 aromatic carbocycles. The van der Waals surface area contributed by atoms with Crippen LogP contribution in [0.15, 0.2) is 59.5 Å². The zero-order valence-electron chi connectivity index (χ0n) is 18.4. The molecular weight excluding hydrogens is 400 g/mol. The largest absolute Gasteiger partial charge is 0.392 e. The normalized spacial score (nSPS) is 15.7. The van der Waals surface area contributed by atoms with Crippen LogP contribution < -0.4 is 0 Å². The Hall–Kier alpha value is -1.73. The second-order valence-corrected chi connectivity index (χ2v) is 10.9. The van der Waals surface area contributed by atoms with Gasteiger partial charge in [0.1, 0.15) is 5.25 Å². The number of rotatable bonds is 10. The van der Waals surface area contributed by atoms with E-state index in [1.165, 1.54) is 26.0 Å². The number of aryl methyl sites for hydroxylation is 1. The van der Waals surface area contributed by atoms with Gasteiger partial charge in [-0.05, 0) is 44.4 Å². The van der Waals surface area contributed by atoms with Gasteiger partial charge in [0, 0.05) is 6.42 Å². The summed E-state index contributed by atoms with van der Waals surface area (Å²) in [5, 5.41) is 20.3. The number of ether oxygens (including phenoxy) is 1. The third kappa shape index (κ3) is 6.38. The van der Waals surface area contributed by atoms with Crippen molar-refractivity contribution < 1.29 is 23.4 Å². The number of aliphatic hydroxyl groups excluding tert-OH is 1. The first-order chi connectivity index (χ1) is 13.9. The van der Waals surface area contributed by atoms with E-state index in [0.29, 0.717) is 6.61 Å². The second-order valence-electron chi connectivity index (χ2n) is 8.81. The van der Waals surface area contributed by atoms with Gasteiger partial charge in [-0.15, -0.1) is 0 Å². The third-order valence-corrected chi connectivity index (χ3v) is 7.74. The molecule has 6 heteroatoms. The van der Waals surface area contributed by atoms with Gasteiger partial charge in [0.25, 0.3) is 0 Å². The van der Waals surface area contributed by atoms with Crippen molar-refractivity contribution in [1.82, 2.24) is 0 Å². The van der Waals surface area contributed by atoms with Crippen LogP contribution in [-0.4, -0.2) is 41.7 Å². The van der Waals surface area contributed by atoms with Gasteiger partial charge in [0.05, 0.1) is 29.3 Å². The maximum Gasteiger partial charge on any atom is 0.186 e. The third-order valence-electron chi connectivity index (χ3n) is 5.25. The molecule has 0 aliphatic heterocycles. The summed E-state index contributed by atoms with van der Waals surface area (Å²) in [6, 6.07) is 16.1. The van der Waals surface area contributed by atoms with Crippen LogP contribution in [0.1, 0.15) is 45.2 Å². The van der Waals surface area contributed by atoms with Gasteiger partial charge in [-0.2, -0.15) is 0 Å². The molecule has 2 aromatic rings. The summed E-state index contributed by atoms with van der Waals surface area (Å²) in [7, 11) is -3.97. The highest BCUT2D eigenvalue weighted by Crippen LogP contribution is 2.30. The molecule has 2 rings (SSSR count). The summed E-state index contributed by atoms with van der Waals surface area (Å²) in [6.45, 7) is 9.01. The quantitative estimate of drug-likeness (QED) is 0.592. The van der Waals surface area contributed by atoms with E-state index >= 15 is 0 Å². The molecule has 3 atom stereocenters. The maximum absolute atomic E-state index is 13.3. The molecule has 0 aliphatic rings. The van der Waals surface area contributed by atoms with Crippen molar-refractivity contribution in [2.45, 2.75) is 75.6 Å². The minimum Gasteiger partial charge on any atom is -0.392 e. The first kappa shape index (κ1) is 24.5. The Kier molecular flexibility index (Phi) is 8.22. The number of aliphatic hydroxyl groups is 2. The smallest absolute Gasteiger partial charge is 0.186 e. The van der Waals surface area contributed by atoms with Crippen molar-refractivity contribution >= 4 is 9.84 Å². The van der Waals surface area contributed by atoms with Crippen molar-refractivity contribution in [3.63, 3.8) is 0 Å². The lowest BCUT2D eigenvalue weighted by atomic mass is 9.93. The summed E-state index contributed by atoms with van der Waals surface area (Å²) in [5.41, 5.74) is 0.303. The molecule has 2 N–H and O–H groups in total. The molecule has 0 radical (unpaired) electrons. The molecule has 0 aliphatic carbocycles. The average molecular weight is 435 g/mol. The Morgan fingerprint density at radius 3 is 2.07 bits per heavy atom. The van der Waals surface area contributed by atoms with E-state index in [-0.39, 0.29) is 23.3 Å². The van der Waals surface area contributed by atoms with Gasteiger partial charge in [-0.25, -0.2) is 8.42 Å². The highest BCUT2D eigenvalue weighted by atomic mass is 32.2. The van der Waals surface area contributed by atoms with Gasteiger partial charge in [0.15, 0.2) is 9.84 Å². The van der Waals surface area contributed by atoms with Crippen LogP contribution in [0.3, 0.4) is 0 Å². The van der Waals surface area contributed by atoms with E-state index in [1.54, 1.807) is 12.1 Å². The molecular formula is C24H34O5S. The number of hydrogen-bond donors (Lipinski definition) is 2. The highest BCUT2D eigenvalue weighted by Gasteiger charge is 2.45. The fraction of sp³-hybridized carbons (Fsp3) is 0.500. The number of sulfone groups is 1. The molecule has 0 unspecified atom stereocenters. The lowest BCUT2D eigenvalue weighted by Gasteiger charge is -2.35. The lowest BCUT2D eigenvalue weighted by Crippen LogP contribution is -2.51. The predicted octanol–water partition coefficient (Wildman–Crippen LogP) is 3.90. The lowest BCUT2D eigenvalue weighted by molar-refractivity contribution is -0.0401. The average Bonchev–Trinajstić information content (AvgIpc) is 2.64. The zero-order chi connectivity index (χ0) is 22.5. The first-order valence-electron chi connectivity index (χ1n) is 10.3. The topological polar surface area (TPSA) is 83.8 Å². The van der Waals surface area contributed by atoms with Gasteiger partial charge in [0.2, 0.25) is 0 Å². The molecule has 0 heterocycles. The molecule has 0 spiro atoms. The summed E-state index contributed by atoms with van der Waals surface area (Å²) in [4.78, 5) is 0.0885. The van der Waals surface area contributed by atoms with Crippen molar-refractivity contribution in [3.8, 4) is 0 Å². The summed E-state index contributed by atoms with van der Waals surface area (Å²) in [6.07, 6.45) is -1.55. The minimum atomic E-state index is -3.97. The van der Waals surface area contributed by atoms with Gasteiger partial charge >= 0.3 is 0 Å². The van der Waals surface area contributed by atoms with Crippen molar-refractivity contribution in [3.05, 3.63) is 65.7 Å². The Balaban J connectivity index is 2.24. The highest BCUT2D eigenvalue weighted by molar-refractivity contribution is 7.92. The van der Waals surface area contributed by atoms with E-state index in [1.807, 2.05) is 51.1 Å². The molecule has 5 nitrogen and oxygen atoms in total.